The summed E-state index contributed by atoms with van der Waals surface area (Å²) in [5, 5.41) is 0.417. The fourth-order valence-electron chi connectivity index (χ4n) is 1.81. The Balaban J connectivity index is 2.56. The van der Waals surface area contributed by atoms with E-state index in [1.807, 2.05) is 0 Å². The van der Waals surface area contributed by atoms with Crippen molar-refractivity contribution in [3.8, 4) is 0 Å². The van der Waals surface area contributed by atoms with Gasteiger partial charge >= 0.3 is 5.97 Å². The predicted molar refractivity (Wildman–Crippen MR) is 81.5 cm³/mol. The molecule has 0 saturated heterocycles. The number of halogens is 2. The summed E-state index contributed by atoms with van der Waals surface area (Å²) in [5.41, 5.74) is 0.0731. The molecule has 0 saturated carbocycles. The van der Waals surface area contributed by atoms with E-state index < -0.39 is 20.6 Å². The van der Waals surface area contributed by atoms with Crippen LogP contribution >= 0.6 is 22.3 Å². The van der Waals surface area contributed by atoms with E-state index in [0.717, 1.165) is 0 Å². The molecule has 1 aromatic heterocycles. The smallest absolute Gasteiger partial charge is 0.340 e. The number of aromatic nitrogens is 1. The third-order valence-electron chi connectivity index (χ3n) is 2.62. The topological polar surface area (TPSA) is 76.2 Å². The highest BCUT2D eigenvalue weighted by molar-refractivity contribution is 8.13. The Kier molecular flexibility index (Phi) is 3.99. The highest BCUT2D eigenvalue weighted by Gasteiger charge is 2.23. The van der Waals surface area contributed by atoms with Gasteiger partial charge in [0, 0.05) is 27.8 Å². The van der Waals surface area contributed by atoms with E-state index >= 15 is 0 Å². The van der Waals surface area contributed by atoms with E-state index in [4.69, 9.17) is 27.0 Å². The van der Waals surface area contributed by atoms with Crippen molar-refractivity contribution < 1.29 is 17.9 Å². The SMILES string of the molecule is CC(C)(C)OC(=O)c1c[nH]c2cc(S(=O)(=O)Cl)c(Cl)cc12. The van der Waals surface area contributed by atoms with E-state index in [2.05, 4.69) is 4.98 Å². The second-order valence-corrected chi connectivity index (χ2v) is 8.41. The third kappa shape index (κ3) is 3.51. The molecule has 1 aromatic carbocycles. The molecule has 0 amide bonds. The van der Waals surface area contributed by atoms with Gasteiger partial charge < -0.3 is 9.72 Å². The Morgan fingerprint density at radius 2 is 1.90 bits per heavy atom. The van der Waals surface area contributed by atoms with E-state index in [1.165, 1.54) is 18.3 Å². The first kappa shape index (κ1) is 16.1. The van der Waals surface area contributed by atoms with Gasteiger partial charge in [-0.15, -0.1) is 0 Å². The molecule has 0 unspecified atom stereocenters. The predicted octanol–water partition coefficient (Wildman–Crippen LogP) is 3.70. The number of H-pyrrole nitrogens is 1. The zero-order valence-electron chi connectivity index (χ0n) is 11.5. The number of ether oxygens (including phenoxy) is 1. The van der Waals surface area contributed by atoms with Crippen LogP contribution in [0.5, 0.6) is 0 Å². The number of fused-ring (bicyclic) bond motifs is 1. The van der Waals surface area contributed by atoms with E-state index in [1.54, 1.807) is 20.8 Å². The molecule has 114 valence electrons. The number of esters is 1. The standard InChI is InChI=1S/C13H13Cl2NO4S/c1-13(2,3)20-12(17)8-6-16-10-5-11(21(15,18)19)9(14)4-7(8)10/h4-6,16H,1-3H3. The average Bonchev–Trinajstić information content (AvgIpc) is 2.66. The molecule has 2 aromatic rings. The molecule has 0 aliphatic rings. The maximum Gasteiger partial charge on any atom is 0.340 e. The molecule has 0 aliphatic carbocycles. The maximum absolute atomic E-state index is 12.1. The Bertz CT molecular complexity index is 819. The molecule has 0 radical (unpaired) electrons. The van der Waals surface area contributed by atoms with Crippen LogP contribution in [0.15, 0.2) is 23.2 Å². The van der Waals surface area contributed by atoms with Gasteiger partial charge in [0.2, 0.25) is 0 Å². The number of benzene rings is 1. The zero-order valence-corrected chi connectivity index (χ0v) is 13.9. The molecule has 2 rings (SSSR count). The van der Waals surface area contributed by atoms with Crippen molar-refractivity contribution in [2.45, 2.75) is 31.3 Å². The zero-order chi connectivity index (χ0) is 16.0. The molecule has 1 heterocycles. The quantitative estimate of drug-likeness (QED) is 0.662. The maximum atomic E-state index is 12.1. The minimum Gasteiger partial charge on any atom is -0.456 e. The van der Waals surface area contributed by atoms with Crippen molar-refractivity contribution >= 4 is 48.2 Å². The average molecular weight is 350 g/mol. The lowest BCUT2D eigenvalue weighted by Gasteiger charge is -2.19. The van der Waals surface area contributed by atoms with Crippen molar-refractivity contribution in [1.29, 1.82) is 0 Å². The second kappa shape index (κ2) is 5.19. The fraction of sp³-hybridized carbons (Fsp3) is 0.308. The summed E-state index contributed by atoms with van der Waals surface area (Å²) in [6, 6.07) is 2.66. The summed E-state index contributed by atoms with van der Waals surface area (Å²) >= 11 is 5.92. The first-order valence-electron chi connectivity index (χ1n) is 5.98. The van der Waals surface area contributed by atoms with Crippen LogP contribution in [-0.2, 0) is 13.8 Å². The number of rotatable bonds is 2. The molecular formula is C13H13Cl2NO4S. The van der Waals surface area contributed by atoms with Crippen LogP contribution in [0, 0.1) is 0 Å². The normalized spacial score (nSPS) is 12.6. The molecule has 0 spiro atoms. The minimum atomic E-state index is -3.96. The van der Waals surface area contributed by atoms with Crippen LogP contribution in [0.1, 0.15) is 31.1 Å². The number of hydrogen-bond acceptors (Lipinski definition) is 4. The number of aromatic amines is 1. The summed E-state index contributed by atoms with van der Waals surface area (Å²) in [7, 11) is 1.34. The number of hydrogen-bond donors (Lipinski definition) is 1. The first-order chi connectivity index (χ1) is 9.49. The molecule has 0 fully saturated rings. The molecule has 0 aliphatic heterocycles. The lowest BCUT2D eigenvalue weighted by atomic mass is 10.1. The lowest BCUT2D eigenvalue weighted by Crippen LogP contribution is -2.23. The number of carbonyl (C=O) groups excluding carboxylic acids is 1. The van der Waals surface area contributed by atoms with Crippen LogP contribution in [0.3, 0.4) is 0 Å². The fourth-order valence-corrected chi connectivity index (χ4v) is 3.33. The molecule has 8 heteroatoms. The third-order valence-corrected chi connectivity index (χ3v) is 4.40. The summed E-state index contributed by atoms with van der Waals surface area (Å²) in [6.45, 7) is 5.26. The Morgan fingerprint density at radius 3 is 2.43 bits per heavy atom. The first-order valence-corrected chi connectivity index (χ1v) is 8.66. The molecule has 21 heavy (non-hydrogen) atoms. The van der Waals surface area contributed by atoms with Gasteiger partial charge in [-0.1, -0.05) is 11.6 Å². The Labute approximate surface area is 131 Å². The van der Waals surface area contributed by atoms with E-state index in [9.17, 15) is 13.2 Å². The molecule has 1 N–H and O–H groups in total. The summed E-state index contributed by atoms with van der Waals surface area (Å²) in [5.74, 6) is -0.522. The Hall–Kier alpha value is -1.24. The van der Waals surface area contributed by atoms with Crippen molar-refractivity contribution in [3.63, 3.8) is 0 Å². The molecule has 5 nitrogen and oxygen atoms in total. The van der Waals surface area contributed by atoms with Crippen molar-refractivity contribution in [2.75, 3.05) is 0 Å². The van der Waals surface area contributed by atoms with Crippen LogP contribution in [0.4, 0.5) is 0 Å². The monoisotopic (exact) mass is 349 g/mol. The van der Waals surface area contributed by atoms with Gasteiger partial charge in [0.25, 0.3) is 9.05 Å². The Morgan fingerprint density at radius 1 is 1.29 bits per heavy atom. The lowest BCUT2D eigenvalue weighted by molar-refractivity contribution is 0.00719. The van der Waals surface area contributed by atoms with Gasteiger partial charge in [0.05, 0.1) is 10.6 Å². The molecule has 0 atom stereocenters. The second-order valence-electron chi connectivity index (χ2n) is 5.47. The molecule has 0 bridgehead atoms. The van der Waals surface area contributed by atoms with Crippen molar-refractivity contribution in [2.24, 2.45) is 0 Å². The van der Waals surface area contributed by atoms with Crippen LogP contribution in [0.2, 0.25) is 5.02 Å². The van der Waals surface area contributed by atoms with Gasteiger partial charge in [-0.3, -0.25) is 0 Å². The number of nitrogens with one attached hydrogen (secondary N) is 1. The van der Waals surface area contributed by atoms with Crippen LogP contribution in [-0.4, -0.2) is 25.0 Å². The van der Waals surface area contributed by atoms with Gasteiger partial charge in [-0.25, -0.2) is 13.2 Å². The summed E-state index contributed by atoms with van der Waals surface area (Å²) < 4.78 is 28.1. The summed E-state index contributed by atoms with van der Waals surface area (Å²) in [6.07, 6.45) is 1.44. The van der Waals surface area contributed by atoms with Gasteiger partial charge in [0.1, 0.15) is 10.5 Å². The molecular weight excluding hydrogens is 337 g/mol. The summed E-state index contributed by atoms with van der Waals surface area (Å²) in [4.78, 5) is 14.7. The van der Waals surface area contributed by atoms with Crippen molar-refractivity contribution in [3.05, 3.63) is 28.9 Å². The van der Waals surface area contributed by atoms with Crippen LogP contribution in [0.25, 0.3) is 10.9 Å². The minimum absolute atomic E-state index is 0.0538. The van der Waals surface area contributed by atoms with E-state index in [0.29, 0.717) is 10.9 Å². The van der Waals surface area contributed by atoms with E-state index in [-0.39, 0.29) is 15.5 Å². The number of carbonyl (C=O) groups is 1. The van der Waals surface area contributed by atoms with Gasteiger partial charge in [-0.05, 0) is 32.9 Å². The highest BCUT2D eigenvalue weighted by Crippen LogP contribution is 2.31. The largest absolute Gasteiger partial charge is 0.456 e. The van der Waals surface area contributed by atoms with Gasteiger partial charge in [-0.2, -0.15) is 0 Å². The highest BCUT2D eigenvalue weighted by atomic mass is 35.7. The van der Waals surface area contributed by atoms with Gasteiger partial charge in [0.15, 0.2) is 0 Å². The van der Waals surface area contributed by atoms with Crippen molar-refractivity contribution in [1.82, 2.24) is 4.98 Å². The van der Waals surface area contributed by atoms with Crippen LogP contribution < -0.4 is 0 Å².